The summed E-state index contributed by atoms with van der Waals surface area (Å²) in [5.41, 5.74) is -0.317. The van der Waals surface area contributed by atoms with Crippen LogP contribution in [0.1, 0.15) is 25.6 Å². The van der Waals surface area contributed by atoms with Crippen LogP contribution in [0.5, 0.6) is 0 Å². The molecule has 0 amide bonds. The van der Waals surface area contributed by atoms with Gasteiger partial charge >= 0.3 is 0 Å². The Morgan fingerprint density at radius 1 is 1.10 bits per heavy atom. The second kappa shape index (κ2) is 5.78. The van der Waals surface area contributed by atoms with Crippen LogP contribution >= 0.6 is 15.9 Å². The number of nitrogens with one attached hydrogen (secondary N) is 1. The lowest BCUT2D eigenvalue weighted by molar-refractivity contribution is 0.498. The molecule has 0 unspecified atom stereocenters. The van der Waals surface area contributed by atoms with Crippen molar-refractivity contribution in [2.24, 2.45) is 0 Å². The van der Waals surface area contributed by atoms with Gasteiger partial charge < -0.3 is 5.32 Å². The molecule has 0 aliphatic carbocycles. The maximum absolute atomic E-state index is 13.6. The molecule has 0 atom stereocenters. The van der Waals surface area contributed by atoms with Gasteiger partial charge in [-0.1, -0.05) is 13.8 Å². The van der Waals surface area contributed by atoms with Crippen molar-refractivity contribution in [2.45, 2.75) is 19.8 Å². The third kappa shape index (κ3) is 3.27. The smallest absolute Gasteiger partial charge is 0.182 e. The molecule has 3 nitrogen and oxygen atoms in total. The van der Waals surface area contributed by atoms with E-state index in [4.69, 9.17) is 0 Å². The number of anilines is 2. The van der Waals surface area contributed by atoms with Gasteiger partial charge in [-0.05, 0) is 15.9 Å². The molecular weight excluding hydrogens is 335 g/mol. The third-order valence-electron chi connectivity index (χ3n) is 2.48. The van der Waals surface area contributed by atoms with Crippen molar-refractivity contribution in [1.29, 1.82) is 0 Å². The molecule has 1 aromatic heterocycles. The molecule has 1 aromatic carbocycles. The zero-order valence-electron chi connectivity index (χ0n) is 10.7. The summed E-state index contributed by atoms with van der Waals surface area (Å²) in [6.45, 7) is 3.79. The first-order valence-corrected chi connectivity index (χ1v) is 6.62. The zero-order chi connectivity index (χ0) is 14.9. The molecule has 20 heavy (non-hydrogen) atoms. The lowest BCUT2D eigenvalue weighted by Crippen LogP contribution is -2.04. The number of benzene rings is 1. The van der Waals surface area contributed by atoms with Gasteiger partial charge in [0.2, 0.25) is 0 Å². The lowest BCUT2D eigenvalue weighted by Gasteiger charge is -2.10. The summed E-state index contributed by atoms with van der Waals surface area (Å²) in [7, 11) is 0. The maximum atomic E-state index is 13.6. The van der Waals surface area contributed by atoms with Crippen molar-refractivity contribution in [3.63, 3.8) is 0 Å². The van der Waals surface area contributed by atoms with Gasteiger partial charge in [-0.2, -0.15) is 0 Å². The SMILES string of the molecule is CC(C)c1nc(Br)cc(Nc2cc(F)cc(F)c2F)n1. The molecule has 0 spiro atoms. The third-order valence-corrected chi connectivity index (χ3v) is 2.89. The van der Waals surface area contributed by atoms with Gasteiger partial charge in [-0.3, -0.25) is 0 Å². The summed E-state index contributed by atoms with van der Waals surface area (Å²) in [6.07, 6.45) is 0. The highest BCUT2D eigenvalue weighted by atomic mass is 79.9. The summed E-state index contributed by atoms with van der Waals surface area (Å²) in [6, 6.07) is 2.84. The molecule has 0 bridgehead atoms. The molecule has 0 saturated heterocycles. The summed E-state index contributed by atoms with van der Waals surface area (Å²) < 4.78 is 40.3. The van der Waals surface area contributed by atoms with Gasteiger partial charge in [-0.25, -0.2) is 23.1 Å². The molecule has 0 radical (unpaired) electrons. The number of rotatable bonds is 3. The molecule has 2 aromatic rings. The minimum Gasteiger partial charge on any atom is -0.338 e. The van der Waals surface area contributed by atoms with E-state index >= 15 is 0 Å². The van der Waals surface area contributed by atoms with Crippen LogP contribution in [0, 0.1) is 17.5 Å². The molecule has 0 aliphatic rings. The van der Waals surface area contributed by atoms with E-state index in [2.05, 4.69) is 31.2 Å². The Kier molecular flexibility index (Phi) is 4.27. The zero-order valence-corrected chi connectivity index (χ0v) is 12.3. The number of hydrogen-bond acceptors (Lipinski definition) is 3. The second-order valence-electron chi connectivity index (χ2n) is 4.46. The van der Waals surface area contributed by atoms with Crippen molar-refractivity contribution < 1.29 is 13.2 Å². The summed E-state index contributed by atoms with van der Waals surface area (Å²) in [4.78, 5) is 8.32. The second-order valence-corrected chi connectivity index (χ2v) is 5.28. The van der Waals surface area contributed by atoms with Crippen molar-refractivity contribution in [2.75, 3.05) is 5.32 Å². The Morgan fingerprint density at radius 2 is 1.80 bits per heavy atom. The predicted octanol–water partition coefficient (Wildman–Crippen LogP) is 4.52. The Hall–Kier alpha value is -1.63. The van der Waals surface area contributed by atoms with Crippen LogP contribution in [0.4, 0.5) is 24.7 Å². The van der Waals surface area contributed by atoms with E-state index in [1.165, 1.54) is 6.07 Å². The van der Waals surface area contributed by atoms with E-state index in [0.29, 0.717) is 16.5 Å². The minimum atomic E-state index is -1.26. The fraction of sp³-hybridized carbons (Fsp3) is 0.231. The molecule has 0 saturated carbocycles. The van der Waals surface area contributed by atoms with Crippen LogP contribution in [0.25, 0.3) is 0 Å². The van der Waals surface area contributed by atoms with Crippen LogP contribution < -0.4 is 5.32 Å². The molecule has 106 valence electrons. The number of aromatic nitrogens is 2. The van der Waals surface area contributed by atoms with E-state index < -0.39 is 17.5 Å². The molecule has 0 fully saturated rings. The maximum Gasteiger partial charge on any atom is 0.182 e. The minimum absolute atomic E-state index is 0.0575. The van der Waals surface area contributed by atoms with Gasteiger partial charge in [0.25, 0.3) is 0 Å². The molecule has 2 rings (SSSR count). The first-order valence-electron chi connectivity index (χ1n) is 5.83. The molecule has 7 heteroatoms. The summed E-state index contributed by atoms with van der Waals surface area (Å²) in [5.74, 6) is -2.46. The summed E-state index contributed by atoms with van der Waals surface area (Å²) in [5, 5.41) is 2.55. The largest absolute Gasteiger partial charge is 0.338 e. The first kappa shape index (κ1) is 14.8. The lowest BCUT2D eigenvalue weighted by atomic mass is 10.2. The van der Waals surface area contributed by atoms with Gasteiger partial charge in [-0.15, -0.1) is 0 Å². The standard InChI is InChI=1S/C13H11BrF3N3/c1-6(2)13-19-10(14)5-11(20-13)18-9-4-7(15)3-8(16)12(9)17/h3-6H,1-2H3,(H,18,19,20). The van der Waals surface area contributed by atoms with Crippen molar-refractivity contribution in [1.82, 2.24) is 9.97 Å². The van der Waals surface area contributed by atoms with Gasteiger partial charge in [0.15, 0.2) is 11.6 Å². The monoisotopic (exact) mass is 345 g/mol. The van der Waals surface area contributed by atoms with E-state index in [9.17, 15) is 13.2 Å². The average molecular weight is 346 g/mol. The van der Waals surface area contributed by atoms with E-state index in [-0.39, 0.29) is 17.4 Å². The number of hydrogen-bond donors (Lipinski definition) is 1. The molecule has 0 aliphatic heterocycles. The van der Waals surface area contributed by atoms with Gasteiger partial charge in [0.1, 0.15) is 22.1 Å². The Balaban J connectivity index is 2.40. The van der Waals surface area contributed by atoms with E-state index in [1.807, 2.05) is 13.8 Å². The molecule has 1 N–H and O–H groups in total. The highest BCUT2D eigenvalue weighted by Gasteiger charge is 2.13. The Bertz CT molecular complexity index is 647. The first-order chi connectivity index (χ1) is 9.36. The Morgan fingerprint density at radius 3 is 2.45 bits per heavy atom. The van der Waals surface area contributed by atoms with Crippen molar-refractivity contribution >= 4 is 27.4 Å². The molecular formula is C13H11BrF3N3. The van der Waals surface area contributed by atoms with E-state index in [0.717, 1.165) is 6.07 Å². The highest BCUT2D eigenvalue weighted by Crippen LogP contribution is 2.24. The fourth-order valence-corrected chi connectivity index (χ4v) is 1.94. The summed E-state index contributed by atoms with van der Waals surface area (Å²) >= 11 is 3.21. The van der Waals surface area contributed by atoms with Gasteiger partial charge in [0, 0.05) is 24.1 Å². The quantitative estimate of drug-likeness (QED) is 0.656. The topological polar surface area (TPSA) is 37.8 Å². The van der Waals surface area contributed by atoms with Crippen LogP contribution in [-0.2, 0) is 0 Å². The Labute approximate surface area is 122 Å². The number of nitrogens with zero attached hydrogens (tertiary/aromatic N) is 2. The average Bonchev–Trinajstić information content (AvgIpc) is 2.34. The van der Waals surface area contributed by atoms with Crippen LogP contribution in [0.3, 0.4) is 0 Å². The molecule has 1 heterocycles. The van der Waals surface area contributed by atoms with Crippen LogP contribution in [-0.4, -0.2) is 9.97 Å². The van der Waals surface area contributed by atoms with Crippen molar-refractivity contribution in [3.05, 3.63) is 46.1 Å². The van der Waals surface area contributed by atoms with E-state index in [1.54, 1.807) is 0 Å². The van der Waals surface area contributed by atoms with Crippen molar-refractivity contribution in [3.8, 4) is 0 Å². The van der Waals surface area contributed by atoms with Gasteiger partial charge in [0.05, 0.1) is 5.69 Å². The predicted molar refractivity (Wildman–Crippen MR) is 73.4 cm³/mol. The van der Waals surface area contributed by atoms with Crippen LogP contribution in [0.15, 0.2) is 22.8 Å². The normalized spacial score (nSPS) is 10.9. The number of halogens is 4. The highest BCUT2D eigenvalue weighted by molar-refractivity contribution is 9.10. The fourth-order valence-electron chi connectivity index (χ4n) is 1.54. The van der Waals surface area contributed by atoms with Crippen LogP contribution in [0.2, 0.25) is 0 Å².